The molecule has 1 aromatic carbocycles. The average Bonchev–Trinajstić information content (AvgIpc) is 2.98. The van der Waals surface area contributed by atoms with E-state index in [2.05, 4.69) is 5.32 Å². The molecule has 146 valence electrons. The number of nitrogens with one attached hydrogen (secondary N) is 1. The van der Waals surface area contributed by atoms with Gasteiger partial charge in [-0.05, 0) is 24.1 Å². The van der Waals surface area contributed by atoms with Crippen molar-refractivity contribution >= 4 is 5.91 Å². The molecule has 1 aromatic rings. The molecule has 0 aromatic heterocycles. The van der Waals surface area contributed by atoms with E-state index in [9.17, 15) is 18.0 Å². The molecular formula is C17H23F3N2O4. The Labute approximate surface area is 150 Å². The number of hydrogen-bond acceptors (Lipinski definition) is 5. The Morgan fingerprint density at radius 1 is 1.19 bits per heavy atom. The molecule has 9 heteroatoms. The number of hydrogen-bond donors (Lipinski definition) is 1. The maximum absolute atomic E-state index is 12.4. The fourth-order valence-electron chi connectivity index (χ4n) is 3.05. The highest BCUT2D eigenvalue weighted by Crippen LogP contribution is 2.38. The molecule has 1 unspecified atom stereocenters. The van der Waals surface area contributed by atoms with Gasteiger partial charge in [-0.15, -0.1) is 0 Å². The van der Waals surface area contributed by atoms with Gasteiger partial charge in [0.05, 0.1) is 34.3 Å². The summed E-state index contributed by atoms with van der Waals surface area (Å²) in [6.45, 7) is -0.443. The van der Waals surface area contributed by atoms with Gasteiger partial charge >= 0.3 is 6.18 Å². The predicted octanol–water partition coefficient (Wildman–Crippen LogP) is 2.01. The average molecular weight is 376 g/mol. The Bertz CT molecular complexity index is 612. The van der Waals surface area contributed by atoms with Gasteiger partial charge in [0.2, 0.25) is 11.7 Å². The zero-order chi connectivity index (χ0) is 19.3. The van der Waals surface area contributed by atoms with Crippen LogP contribution >= 0.6 is 0 Å². The van der Waals surface area contributed by atoms with Crippen LogP contribution < -0.4 is 19.5 Å². The summed E-state index contributed by atoms with van der Waals surface area (Å²) in [7, 11) is 4.45. The second-order valence-corrected chi connectivity index (χ2v) is 6.11. The molecule has 1 N–H and O–H groups in total. The van der Waals surface area contributed by atoms with E-state index in [-0.39, 0.29) is 24.9 Å². The van der Waals surface area contributed by atoms with Crippen LogP contribution in [0.25, 0.3) is 0 Å². The number of carbonyl (C=O) groups excluding carboxylic acids is 1. The van der Waals surface area contributed by atoms with Crippen LogP contribution in [0.4, 0.5) is 13.2 Å². The van der Waals surface area contributed by atoms with Crippen molar-refractivity contribution in [2.24, 2.45) is 0 Å². The van der Waals surface area contributed by atoms with Gasteiger partial charge in [-0.3, -0.25) is 9.69 Å². The van der Waals surface area contributed by atoms with E-state index >= 15 is 0 Å². The SMILES string of the molecule is COc1cc(CC(=O)NC2CCN(CC(F)(F)F)C2)cc(OC)c1OC. The van der Waals surface area contributed by atoms with Gasteiger partial charge in [-0.2, -0.15) is 13.2 Å². The highest BCUT2D eigenvalue weighted by atomic mass is 19.4. The second-order valence-electron chi connectivity index (χ2n) is 6.11. The zero-order valence-electron chi connectivity index (χ0n) is 15.0. The minimum Gasteiger partial charge on any atom is -0.493 e. The summed E-state index contributed by atoms with van der Waals surface area (Å²) in [5.41, 5.74) is 0.655. The smallest absolute Gasteiger partial charge is 0.401 e. The maximum Gasteiger partial charge on any atom is 0.401 e. The van der Waals surface area contributed by atoms with E-state index in [1.807, 2.05) is 0 Å². The highest BCUT2D eigenvalue weighted by Gasteiger charge is 2.34. The first-order valence-corrected chi connectivity index (χ1v) is 8.13. The van der Waals surface area contributed by atoms with Gasteiger partial charge in [0.15, 0.2) is 11.5 Å². The van der Waals surface area contributed by atoms with Crippen molar-refractivity contribution in [3.63, 3.8) is 0 Å². The molecule has 0 bridgehead atoms. The van der Waals surface area contributed by atoms with E-state index in [4.69, 9.17) is 14.2 Å². The van der Waals surface area contributed by atoms with Crippen molar-refractivity contribution in [1.82, 2.24) is 10.2 Å². The van der Waals surface area contributed by atoms with Crippen molar-refractivity contribution in [2.45, 2.75) is 25.1 Å². The van der Waals surface area contributed by atoms with Crippen LogP contribution in [-0.2, 0) is 11.2 Å². The quantitative estimate of drug-likeness (QED) is 0.789. The van der Waals surface area contributed by atoms with E-state index < -0.39 is 12.7 Å². The highest BCUT2D eigenvalue weighted by molar-refractivity contribution is 5.79. The summed E-state index contributed by atoms with van der Waals surface area (Å²) >= 11 is 0. The second kappa shape index (κ2) is 8.48. The summed E-state index contributed by atoms with van der Waals surface area (Å²) in [4.78, 5) is 13.5. The summed E-state index contributed by atoms with van der Waals surface area (Å²) in [5.74, 6) is 1.04. The standard InChI is InChI=1S/C17H23F3N2O4/c1-24-13-6-11(7-14(25-2)16(13)26-3)8-15(23)21-12-4-5-22(9-12)10-17(18,19)20/h6-7,12H,4-5,8-10H2,1-3H3,(H,21,23). The van der Waals surface area contributed by atoms with Crippen LogP contribution in [0.3, 0.4) is 0 Å². The van der Waals surface area contributed by atoms with Gasteiger partial charge in [-0.1, -0.05) is 0 Å². The first-order chi connectivity index (χ1) is 12.3. The topological polar surface area (TPSA) is 60.0 Å². The van der Waals surface area contributed by atoms with Gasteiger partial charge < -0.3 is 19.5 Å². The van der Waals surface area contributed by atoms with Crippen LogP contribution in [-0.4, -0.2) is 64.0 Å². The number of likely N-dealkylation sites (tertiary alicyclic amines) is 1. The van der Waals surface area contributed by atoms with Gasteiger partial charge in [-0.25, -0.2) is 0 Å². The molecule has 0 aliphatic carbocycles. The third-order valence-corrected chi connectivity index (χ3v) is 4.13. The van der Waals surface area contributed by atoms with Crippen molar-refractivity contribution in [1.29, 1.82) is 0 Å². The maximum atomic E-state index is 12.4. The molecule has 1 aliphatic rings. The Morgan fingerprint density at radius 3 is 2.31 bits per heavy atom. The number of methoxy groups -OCH3 is 3. The van der Waals surface area contributed by atoms with Gasteiger partial charge in [0.1, 0.15) is 0 Å². The Hall–Kier alpha value is -2.16. The van der Waals surface area contributed by atoms with Crippen LogP contribution in [0.15, 0.2) is 12.1 Å². The largest absolute Gasteiger partial charge is 0.493 e. The molecule has 2 rings (SSSR count). The van der Waals surface area contributed by atoms with Crippen LogP contribution in [0, 0.1) is 0 Å². The number of rotatable bonds is 7. The Kier molecular flexibility index (Phi) is 6.57. The first kappa shape index (κ1) is 20.2. The molecule has 1 amide bonds. The number of nitrogens with zero attached hydrogens (tertiary/aromatic N) is 1. The molecule has 26 heavy (non-hydrogen) atoms. The molecule has 1 aliphatic heterocycles. The summed E-state index contributed by atoms with van der Waals surface area (Å²) in [5, 5.41) is 2.79. The predicted molar refractivity (Wildman–Crippen MR) is 88.8 cm³/mol. The Balaban J connectivity index is 1.96. The van der Waals surface area contributed by atoms with E-state index in [1.54, 1.807) is 12.1 Å². The number of ether oxygens (including phenoxy) is 3. The third-order valence-electron chi connectivity index (χ3n) is 4.13. The molecule has 1 fully saturated rings. The molecule has 1 atom stereocenters. The fourth-order valence-corrected chi connectivity index (χ4v) is 3.05. The normalized spacial score (nSPS) is 17.8. The first-order valence-electron chi connectivity index (χ1n) is 8.13. The molecule has 6 nitrogen and oxygen atoms in total. The van der Waals surface area contributed by atoms with Crippen molar-refractivity contribution in [3.8, 4) is 17.2 Å². The molecule has 0 spiro atoms. The molecule has 0 saturated carbocycles. The Morgan fingerprint density at radius 2 is 1.81 bits per heavy atom. The number of carbonyl (C=O) groups is 1. The minimum absolute atomic E-state index is 0.0620. The summed E-state index contributed by atoms with van der Waals surface area (Å²) in [6.07, 6.45) is -3.67. The number of amides is 1. The van der Waals surface area contributed by atoms with Crippen molar-refractivity contribution in [2.75, 3.05) is 41.0 Å². The lowest BCUT2D eigenvalue weighted by Crippen LogP contribution is -2.39. The van der Waals surface area contributed by atoms with Gasteiger partial charge in [0, 0.05) is 19.1 Å². The van der Waals surface area contributed by atoms with Gasteiger partial charge in [0.25, 0.3) is 0 Å². The van der Waals surface area contributed by atoms with Crippen LogP contribution in [0.5, 0.6) is 17.2 Å². The summed E-state index contributed by atoms with van der Waals surface area (Å²) in [6, 6.07) is 3.06. The van der Waals surface area contributed by atoms with E-state index in [1.165, 1.54) is 26.2 Å². The molecule has 0 radical (unpaired) electrons. The van der Waals surface area contributed by atoms with Crippen LogP contribution in [0.1, 0.15) is 12.0 Å². The lowest BCUT2D eigenvalue weighted by atomic mass is 10.1. The third kappa shape index (κ3) is 5.42. The minimum atomic E-state index is -4.23. The van der Waals surface area contributed by atoms with E-state index in [0.29, 0.717) is 35.8 Å². The lowest BCUT2D eigenvalue weighted by molar-refractivity contribution is -0.143. The monoisotopic (exact) mass is 376 g/mol. The van der Waals surface area contributed by atoms with Crippen molar-refractivity contribution < 1.29 is 32.2 Å². The molecule has 1 heterocycles. The van der Waals surface area contributed by atoms with Crippen LogP contribution in [0.2, 0.25) is 0 Å². The zero-order valence-corrected chi connectivity index (χ0v) is 15.0. The van der Waals surface area contributed by atoms with E-state index in [0.717, 1.165) is 0 Å². The number of alkyl halides is 3. The fraction of sp³-hybridized carbons (Fsp3) is 0.588. The molecular weight excluding hydrogens is 353 g/mol. The lowest BCUT2D eigenvalue weighted by Gasteiger charge is -2.18. The van der Waals surface area contributed by atoms with Crippen molar-refractivity contribution in [3.05, 3.63) is 17.7 Å². The number of benzene rings is 1. The number of halogens is 3. The molecule has 1 saturated heterocycles. The summed E-state index contributed by atoms with van der Waals surface area (Å²) < 4.78 is 53.0.